The molecule has 3 aliphatic rings. The van der Waals surface area contributed by atoms with Crippen molar-refractivity contribution in [2.24, 2.45) is 11.5 Å². The Morgan fingerprint density at radius 2 is 1.58 bits per heavy atom. The molecule has 0 saturated carbocycles. The first-order valence-electron chi connectivity index (χ1n) is 11.6. The molecule has 4 N–H and O–H groups in total. The molecule has 0 spiro atoms. The Balaban J connectivity index is 1.47. The van der Waals surface area contributed by atoms with E-state index in [2.05, 4.69) is 0 Å². The Hall–Kier alpha value is -4.46. The van der Waals surface area contributed by atoms with Gasteiger partial charge in [0, 0.05) is 64.3 Å². The van der Waals surface area contributed by atoms with E-state index in [-0.39, 0.29) is 34.5 Å². The highest BCUT2D eigenvalue weighted by Gasteiger charge is 2.37. The fourth-order valence-electron chi connectivity index (χ4n) is 5.33. The summed E-state index contributed by atoms with van der Waals surface area (Å²) in [6, 6.07) is 10.5. The number of carbonyl (C=O) groups excluding carboxylic acids is 3. The molecule has 0 bridgehead atoms. The highest BCUT2D eigenvalue weighted by molar-refractivity contribution is 6.23. The average molecular weight is 483 g/mol. The largest absolute Gasteiger partial charge is 0.871 e. The summed E-state index contributed by atoms with van der Waals surface area (Å²) in [6.07, 6.45) is 3.30. The number of Topliss-reactive ketones (excluding diaryl/α,β-unsaturated/α-hetero) is 1. The number of allylic oxidation sites excluding steroid dienone is 5. The van der Waals surface area contributed by atoms with Crippen LogP contribution in [0.4, 0.5) is 11.4 Å². The number of benzene rings is 2. The van der Waals surface area contributed by atoms with Gasteiger partial charge in [0.15, 0.2) is 11.5 Å². The number of anilines is 1. The lowest BCUT2D eigenvalue weighted by Crippen LogP contribution is -2.31. The van der Waals surface area contributed by atoms with Crippen molar-refractivity contribution in [3.8, 4) is 0 Å². The van der Waals surface area contributed by atoms with Crippen LogP contribution in [-0.2, 0) is 4.79 Å². The van der Waals surface area contributed by atoms with Gasteiger partial charge < -0.3 is 21.5 Å². The maximum atomic E-state index is 13.1. The van der Waals surface area contributed by atoms with Gasteiger partial charge in [0.1, 0.15) is 7.05 Å². The lowest BCUT2D eigenvalue weighted by Gasteiger charge is -2.30. The van der Waals surface area contributed by atoms with E-state index in [1.165, 1.54) is 0 Å². The van der Waals surface area contributed by atoms with Gasteiger partial charge in [0.05, 0.1) is 5.92 Å². The van der Waals surface area contributed by atoms with Crippen LogP contribution in [-0.4, -0.2) is 42.0 Å². The normalized spacial score (nSPS) is 22.9. The number of nitrogens with zero attached hydrogens (tertiary/aromatic N) is 2. The molecule has 0 aromatic heterocycles. The second-order valence-corrected chi connectivity index (χ2v) is 9.46. The fourth-order valence-corrected chi connectivity index (χ4v) is 5.33. The number of fused-ring (bicyclic) bond motifs is 2. The van der Waals surface area contributed by atoms with Gasteiger partial charge in [-0.1, -0.05) is 12.7 Å². The second kappa shape index (κ2) is 8.05. The summed E-state index contributed by atoms with van der Waals surface area (Å²) in [7, 11) is 3.73. The zero-order valence-electron chi connectivity index (χ0n) is 20.5. The number of primary amides is 2. The van der Waals surface area contributed by atoms with Crippen LogP contribution in [0.2, 0.25) is 0 Å². The predicted molar refractivity (Wildman–Crippen MR) is 134 cm³/mol. The van der Waals surface area contributed by atoms with Crippen LogP contribution >= 0.6 is 0 Å². The summed E-state index contributed by atoms with van der Waals surface area (Å²) in [5.74, 6) is -1.84. The number of rotatable bonds is 4. The molecule has 36 heavy (non-hydrogen) atoms. The molecule has 8 heteroatoms. The number of ketones is 1. The molecule has 2 aromatic carbocycles. The van der Waals surface area contributed by atoms with E-state index >= 15 is 0 Å². The zero-order valence-corrected chi connectivity index (χ0v) is 20.5. The SMILES string of the molecule is CC1C(/C=C2/C(=O)C(/C=C3/C(C)c4cc(C(N)=O)ccc4N3C)=C2[O-])=[N+](C)c2ccc(C(N)=O)cc21. The first kappa shape index (κ1) is 23.3. The second-order valence-electron chi connectivity index (χ2n) is 9.46. The maximum Gasteiger partial charge on any atom is 0.248 e. The summed E-state index contributed by atoms with van der Waals surface area (Å²) in [5, 5.41) is 13.1. The predicted octanol–water partition coefficient (Wildman–Crippen LogP) is 1.98. The minimum atomic E-state index is -0.504. The zero-order chi connectivity index (χ0) is 26.0. The van der Waals surface area contributed by atoms with Crippen molar-refractivity contribution in [3.05, 3.63) is 93.4 Å². The molecule has 1 aliphatic carbocycles. The van der Waals surface area contributed by atoms with E-state index in [0.717, 1.165) is 33.9 Å². The van der Waals surface area contributed by atoms with Crippen molar-refractivity contribution in [2.75, 3.05) is 19.0 Å². The summed E-state index contributed by atoms with van der Waals surface area (Å²) >= 11 is 0. The number of likely N-dealkylation sites (N-methyl/N-ethyl adjacent to an activating group) is 1. The van der Waals surface area contributed by atoms with Crippen molar-refractivity contribution in [1.82, 2.24) is 0 Å². The molecule has 0 fully saturated rings. The van der Waals surface area contributed by atoms with E-state index in [1.807, 2.05) is 49.6 Å². The Bertz CT molecular complexity index is 1530. The van der Waals surface area contributed by atoms with Crippen LogP contribution in [0.25, 0.3) is 0 Å². The number of amides is 2. The fraction of sp³-hybridized carbons (Fsp3) is 0.214. The molecule has 182 valence electrons. The van der Waals surface area contributed by atoms with Gasteiger partial charge in [-0.15, -0.1) is 0 Å². The molecule has 2 heterocycles. The van der Waals surface area contributed by atoms with E-state index in [9.17, 15) is 19.5 Å². The van der Waals surface area contributed by atoms with Gasteiger partial charge >= 0.3 is 0 Å². The topological polar surface area (TPSA) is 133 Å². The number of nitrogens with two attached hydrogens (primary N) is 2. The summed E-state index contributed by atoms with van der Waals surface area (Å²) < 4.78 is 1.93. The molecule has 8 nitrogen and oxygen atoms in total. The standard InChI is InChI=1S/C28H26N4O4/c1-13-17-9-15(27(29)35)5-7-21(17)31(3)23(13)11-19-25(33)20(26(19)34)12-24-14(2)18-10-16(28(30)36)6-8-22(18)32(24)4/h5-14H,1-4H3,(H4-,29,30,33,34,35,36). The Morgan fingerprint density at radius 3 is 2.19 bits per heavy atom. The molecule has 0 radical (unpaired) electrons. The van der Waals surface area contributed by atoms with Crippen molar-refractivity contribution in [2.45, 2.75) is 25.7 Å². The van der Waals surface area contributed by atoms with Crippen LogP contribution in [0, 0.1) is 0 Å². The lowest BCUT2D eigenvalue weighted by molar-refractivity contribution is -0.401. The van der Waals surface area contributed by atoms with E-state index < -0.39 is 11.8 Å². The first-order chi connectivity index (χ1) is 17.0. The minimum Gasteiger partial charge on any atom is -0.871 e. The third kappa shape index (κ3) is 3.29. The van der Waals surface area contributed by atoms with Gasteiger partial charge in [-0.3, -0.25) is 14.4 Å². The van der Waals surface area contributed by atoms with Crippen LogP contribution in [0.5, 0.6) is 0 Å². The molecule has 5 rings (SSSR count). The van der Waals surface area contributed by atoms with E-state index in [4.69, 9.17) is 11.5 Å². The van der Waals surface area contributed by atoms with Crippen LogP contribution in [0.15, 0.2) is 71.2 Å². The molecular formula is C28H26N4O4. The Kier molecular flexibility index (Phi) is 5.21. The van der Waals surface area contributed by atoms with Crippen molar-refractivity contribution in [1.29, 1.82) is 0 Å². The highest BCUT2D eigenvalue weighted by atomic mass is 16.3. The third-order valence-corrected chi connectivity index (χ3v) is 7.50. The summed E-state index contributed by atoms with van der Waals surface area (Å²) in [6.45, 7) is 3.93. The van der Waals surface area contributed by atoms with Gasteiger partial charge in [-0.2, -0.15) is 4.58 Å². The molecule has 2 aromatic rings. The molecule has 2 aliphatic heterocycles. The lowest BCUT2D eigenvalue weighted by atomic mass is 9.84. The molecule has 0 saturated heterocycles. The van der Waals surface area contributed by atoms with Crippen LogP contribution < -0.4 is 21.5 Å². The van der Waals surface area contributed by atoms with E-state index in [0.29, 0.717) is 11.1 Å². The summed E-state index contributed by atoms with van der Waals surface area (Å²) in [4.78, 5) is 38.2. The molecule has 2 amide bonds. The van der Waals surface area contributed by atoms with Gasteiger partial charge in [-0.05, 0) is 48.9 Å². The maximum absolute atomic E-state index is 13.1. The monoisotopic (exact) mass is 482 g/mol. The van der Waals surface area contributed by atoms with Gasteiger partial charge in [0.25, 0.3) is 0 Å². The highest BCUT2D eigenvalue weighted by Crippen LogP contribution is 2.44. The van der Waals surface area contributed by atoms with Gasteiger partial charge in [0.2, 0.25) is 17.5 Å². The first-order valence-corrected chi connectivity index (χ1v) is 11.6. The molecular weight excluding hydrogens is 456 g/mol. The number of hydrogen-bond donors (Lipinski definition) is 2. The smallest absolute Gasteiger partial charge is 0.248 e. The Labute approximate surface area is 208 Å². The number of carbonyl (C=O) groups is 3. The Morgan fingerprint density at radius 1 is 0.972 bits per heavy atom. The van der Waals surface area contributed by atoms with E-state index in [1.54, 1.807) is 36.4 Å². The molecule has 2 unspecified atom stereocenters. The third-order valence-electron chi connectivity index (χ3n) is 7.50. The quantitative estimate of drug-likeness (QED) is 0.508. The van der Waals surface area contributed by atoms with Crippen LogP contribution in [0.3, 0.4) is 0 Å². The van der Waals surface area contributed by atoms with Crippen molar-refractivity contribution < 1.29 is 24.1 Å². The van der Waals surface area contributed by atoms with Crippen molar-refractivity contribution >= 4 is 34.7 Å². The van der Waals surface area contributed by atoms with Crippen molar-refractivity contribution in [3.63, 3.8) is 0 Å². The molecule has 2 atom stereocenters. The minimum absolute atomic E-state index is 0.116. The summed E-state index contributed by atoms with van der Waals surface area (Å²) in [5.41, 5.74) is 17.2. The number of hydrogen-bond acceptors (Lipinski definition) is 5. The average Bonchev–Trinajstić information content (AvgIpc) is 3.24. The van der Waals surface area contributed by atoms with Gasteiger partial charge in [-0.25, -0.2) is 0 Å². The van der Waals surface area contributed by atoms with Crippen LogP contribution in [0.1, 0.15) is 57.5 Å².